The first kappa shape index (κ1) is 58.3. The molecule has 0 atom stereocenters. The third-order valence-electron chi connectivity index (χ3n) is 11.2. The number of anilines is 6. The number of nitrogens with zero attached hydrogens (tertiary/aromatic N) is 3. The zero-order chi connectivity index (χ0) is 44.7. The first-order chi connectivity index (χ1) is 28.0. The van der Waals surface area contributed by atoms with E-state index in [1.807, 2.05) is 0 Å². The number of hydrogen-bond donors (Lipinski definition) is 6. The van der Waals surface area contributed by atoms with Crippen LogP contribution in [0.25, 0.3) is 0 Å². The highest BCUT2D eigenvalue weighted by atomic mass is 127. The molecule has 354 valence electrons. The van der Waals surface area contributed by atoms with E-state index in [2.05, 4.69) is 116 Å². The van der Waals surface area contributed by atoms with Crippen LogP contribution in [0.4, 0.5) is 34.1 Å². The average Bonchev–Trinajstić information content (AvgIpc) is 3.17. The van der Waals surface area contributed by atoms with Gasteiger partial charge in [0.25, 0.3) is 32.6 Å². The van der Waals surface area contributed by atoms with Gasteiger partial charge >= 0.3 is 0 Å². The molecule has 4 rings (SSSR count). The smallest absolute Gasteiger partial charge is 0.253 e. The van der Waals surface area contributed by atoms with Crippen LogP contribution in [0.2, 0.25) is 0 Å². The third-order valence-corrected chi connectivity index (χ3v) is 11.2. The van der Waals surface area contributed by atoms with Crippen molar-refractivity contribution in [3.63, 3.8) is 0 Å². The molecular formula is C45H72I3N9O6. The Balaban J connectivity index is 0.00000661. The Morgan fingerprint density at radius 3 is 0.683 bits per heavy atom. The van der Waals surface area contributed by atoms with E-state index in [1.165, 1.54) is 0 Å². The standard InChI is InChI=1S/C45H69N9O6.3HI/c1-13-28-31(25-49-37-34(40(55)43(37)58)46-19-16-22-52(4,5)6)29(14-2)33(27-51-39-36(42(57)45(39)60)48-21-18-24-54(10,11)12)30(15-3)32(28)26-50-38-35(41(56)44(38)59)47-20-17-23-53(7,8)9;;;/h13-27H2,1-12H3,(H3-3,46,47,48,49,50,51,55,56,57,58,59,60);3*1H. The lowest BCUT2D eigenvalue weighted by Gasteiger charge is -2.28. The van der Waals surface area contributed by atoms with Gasteiger partial charge in [-0.25, -0.2) is 0 Å². The van der Waals surface area contributed by atoms with Gasteiger partial charge in [0.2, 0.25) is 0 Å². The zero-order valence-electron chi connectivity index (χ0n) is 39.5. The van der Waals surface area contributed by atoms with E-state index in [-0.39, 0.29) is 109 Å². The van der Waals surface area contributed by atoms with Gasteiger partial charge in [-0.3, -0.25) is 28.8 Å². The van der Waals surface area contributed by atoms with Crippen LogP contribution in [0.5, 0.6) is 0 Å². The number of nitrogens with one attached hydrogen (secondary N) is 6. The second kappa shape index (κ2) is 24.7. The minimum absolute atomic E-state index is 0. The van der Waals surface area contributed by atoms with Gasteiger partial charge in [-0.15, -0.1) is 0 Å². The van der Waals surface area contributed by atoms with Crippen molar-refractivity contribution >= 4 is 34.1 Å². The van der Waals surface area contributed by atoms with Crippen molar-refractivity contribution in [1.29, 1.82) is 0 Å². The number of rotatable bonds is 27. The number of hydrogen-bond acceptors (Lipinski definition) is 12. The lowest BCUT2D eigenvalue weighted by atomic mass is 9.83. The van der Waals surface area contributed by atoms with Gasteiger partial charge in [0.05, 0.1) is 83.1 Å². The maximum atomic E-state index is 12.9. The van der Waals surface area contributed by atoms with Gasteiger partial charge < -0.3 is 117 Å². The number of halogens is 3. The van der Waals surface area contributed by atoms with E-state index < -0.39 is 32.6 Å². The van der Waals surface area contributed by atoms with Gasteiger partial charge in [0.1, 0.15) is 34.1 Å². The molecule has 0 amide bonds. The lowest BCUT2D eigenvalue weighted by Crippen LogP contribution is -3.00. The highest BCUT2D eigenvalue weighted by Gasteiger charge is 2.28. The third kappa shape index (κ3) is 14.9. The summed E-state index contributed by atoms with van der Waals surface area (Å²) in [5.41, 5.74) is 4.42. The van der Waals surface area contributed by atoms with Gasteiger partial charge in [0, 0.05) is 58.5 Å². The molecular weight excluding hydrogens is 1140 g/mol. The molecule has 0 bridgehead atoms. The summed E-state index contributed by atoms with van der Waals surface area (Å²) in [5, 5.41) is 19.5. The zero-order valence-corrected chi connectivity index (χ0v) is 46.0. The fraction of sp³-hybridized carbons (Fsp3) is 0.600. The molecule has 0 aliphatic rings. The second-order valence-corrected chi connectivity index (χ2v) is 19.1. The van der Waals surface area contributed by atoms with Crippen molar-refractivity contribution in [2.45, 2.75) is 78.9 Å². The SMILES string of the molecule is CCc1c(CNc2c(NCCC[N+](C)(C)C)c(=O)c2=O)c(CC)c(CNc2c(NCCC[N+](C)(C)C)c(=O)c2=O)c(CC)c1CNc1c(NCCC[N+](C)(C)C)c(=O)c1=O.[I-].[I-].[I-]. The average molecular weight is 1220 g/mol. The maximum Gasteiger partial charge on any atom is 0.253 e. The predicted octanol–water partition coefficient (Wildman–Crippen LogP) is -6.47. The van der Waals surface area contributed by atoms with Crippen molar-refractivity contribution in [1.82, 2.24) is 0 Å². The molecule has 0 aliphatic carbocycles. The van der Waals surface area contributed by atoms with E-state index in [4.69, 9.17) is 0 Å². The van der Waals surface area contributed by atoms with Crippen molar-refractivity contribution in [2.75, 3.05) is 135 Å². The lowest BCUT2D eigenvalue weighted by molar-refractivity contribution is -0.870. The second-order valence-electron chi connectivity index (χ2n) is 19.1. The molecule has 0 unspecified atom stereocenters. The molecule has 4 aromatic carbocycles. The monoisotopic (exact) mass is 1220 g/mol. The molecule has 0 heterocycles. The quantitative estimate of drug-likeness (QED) is 0.0145. The molecule has 4 aromatic rings. The van der Waals surface area contributed by atoms with Crippen LogP contribution in [-0.2, 0) is 38.9 Å². The molecule has 0 radical (unpaired) electrons. The minimum atomic E-state index is -0.558. The summed E-state index contributed by atoms with van der Waals surface area (Å²) in [7, 11) is 18.9. The van der Waals surface area contributed by atoms with Crippen LogP contribution in [-0.4, -0.2) is 116 Å². The van der Waals surface area contributed by atoms with E-state index >= 15 is 0 Å². The summed E-state index contributed by atoms with van der Waals surface area (Å²) >= 11 is 0. The Bertz CT molecular complexity index is 2070. The number of benzene rings is 1. The molecule has 0 saturated heterocycles. The summed E-state index contributed by atoms with van der Waals surface area (Å²) in [6.07, 6.45) is 4.36. The van der Waals surface area contributed by atoms with E-state index in [0.29, 0.717) is 56.0 Å². The Morgan fingerprint density at radius 1 is 0.317 bits per heavy atom. The highest BCUT2D eigenvalue weighted by Crippen LogP contribution is 2.33. The normalized spacial score (nSPS) is 11.8. The van der Waals surface area contributed by atoms with Crippen LogP contribution < -0.4 is 136 Å². The fourth-order valence-corrected chi connectivity index (χ4v) is 8.03. The molecule has 0 spiro atoms. The van der Waals surface area contributed by atoms with Crippen LogP contribution in [0.1, 0.15) is 73.4 Å². The topological polar surface area (TPSA) is 175 Å². The molecule has 0 aromatic heterocycles. The van der Waals surface area contributed by atoms with Crippen LogP contribution in [0.15, 0.2) is 28.8 Å². The van der Waals surface area contributed by atoms with E-state index in [9.17, 15) is 28.8 Å². The van der Waals surface area contributed by atoms with Gasteiger partial charge in [0.15, 0.2) is 0 Å². The van der Waals surface area contributed by atoms with Gasteiger partial charge in [-0.2, -0.15) is 0 Å². The molecule has 0 saturated carbocycles. The predicted molar refractivity (Wildman–Crippen MR) is 249 cm³/mol. The molecule has 0 fully saturated rings. The van der Waals surface area contributed by atoms with E-state index in [1.54, 1.807) is 0 Å². The molecule has 15 nitrogen and oxygen atoms in total. The Morgan fingerprint density at radius 2 is 0.508 bits per heavy atom. The summed E-state index contributed by atoms with van der Waals surface area (Å²) in [4.78, 5) is 77.0. The van der Waals surface area contributed by atoms with Gasteiger partial charge in [-0.05, 0) is 52.6 Å². The molecule has 6 N–H and O–H groups in total. The van der Waals surface area contributed by atoms with Crippen LogP contribution in [0.3, 0.4) is 0 Å². The van der Waals surface area contributed by atoms with Crippen molar-refractivity contribution in [3.8, 4) is 0 Å². The maximum absolute atomic E-state index is 12.9. The van der Waals surface area contributed by atoms with E-state index in [0.717, 1.165) is 85.7 Å². The van der Waals surface area contributed by atoms with Crippen LogP contribution in [0, 0.1) is 0 Å². The molecule has 0 aliphatic heterocycles. The number of quaternary nitrogens is 3. The van der Waals surface area contributed by atoms with Crippen molar-refractivity contribution < 1.29 is 85.4 Å². The summed E-state index contributed by atoms with van der Waals surface area (Å²) < 4.78 is 2.36. The molecule has 18 heteroatoms. The van der Waals surface area contributed by atoms with Crippen molar-refractivity contribution in [3.05, 3.63) is 94.7 Å². The Labute approximate surface area is 424 Å². The van der Waals surface area contributed by atoms with Gasteiger partial charge in [-0.1, -0.05) is 20.8 Å². The summed E-state index contributed by atoms with van der Waals surface area (Å²) in [6.45, 7) is 11.3. The summed E-state index contributed by atoms with van der Waals surface area (Å²) in [5.74, 6) is 0. The Hall–Kier alpha value is -2.67. The molecule has 63 heavy (non-hydrogen) atoms. The fourth-order valence-electron chi connectivity index (χ4n) is 8.03. The summed E-state index contributed by atoms with van der Waals surface area (Å²) in [6, 6.07) is 0. The largest absolute Gasteiger partial charge is 1.00 e. The first-order valence-corrected chi connectivity index (χ1v) is 21.6. The minimum Gasteiger partial charge on any atom is -1.00 e. The highest BCUT2D eigenvalue weighted by molar-refractivity contribution is 5.76. The van der Waals surface area contributed by atoms with Crippen LogP contribution >= 0.6 is 0 Å². The van der Waals surface area contributed by atoms with Crippen molar-refractivity contribution in [2.24, 2.45) is 0 Å². The Kier molecular flexibility index (Phi) is 22.9. The first-order valence-electron chi connectivity index (χ1n) is 21.6.